The van der Waals surface area contributed by atoms with E-state index in [-0.39, 0.29) is 11.4 Å². The van der Waals surface area contributed by atoms with E-state index in [9.17, 15) is 4.79 Å². The number of benzene rings is 1. The first-order chi connectivity index (χ1) is 11.5. The lowest BCUT2D eigenvalue weighted by molar-refractivity contribution is 0.0901. The number of hydrogen-bond donors (Lipinski definition) is 1. The van der Waals surface area contributed by atoms with Crippen molar-refractivity contribution >= 4 is 5.91 Å². The first-order valence-corrected chi connectivity index (χ1v) is 8.67. The molecular weight excluding hydrogens is 298 g/mol. The lowest BCUT2D eigenvalue weighted by Crippen LogP contribution is -2.45. The number of hydrogen-bond acceptors (Lipinski definition) is 3. The van der Waals surface area contributed by atoms with E-state index in [1.54, 1.807) is 12.4 Å². The van der Waals surface area contributed by atoms with E-state index >= 15 is 0 Å². The summed E-state index contributed by atoms with van der Waals surface area (Å²) in [6.45, 7) is 6.18. The van der Waals surface area contributed by atoms with Crippen molar-refractivity contribution in [3.63, 3.8) is 0 Å². The summed E-state index contributed by atoms with van der Waals surface area (Å²) < 4.78 is 0. The van der Waals surface area contributed by atoms with E-state index in [0.717, 1.165) is 31.5 Å². The third-order valence-electron chi connectivity index (χ3n) is 4.67. The van der Waals surface area contributed by atoms with Gasteiger partial charge >= 0.3 is 0 Å². The molecule has 0 unspecified atom stereocenters. The Balaban J connectivity index is 1.60. The summed E-state index contributed by atoms with van der Waals surface area (Å²) in [6.07, 6.45) is 7.16. The van der Waals surface area contributed by atoms with Gasteiger partial charge < -0.3 is 5.32 Å². The molecule has 0 saturated heterocycles. The van der Waals surface area contributed by atoms with Crippen LogP contribution in [0.3, 0.4) is 0 Å². The second-order valence-electron chi connectivity index (χ2n) is 7.33. The monoisotopic (exact) mass is 323 g/mol. The lowest BCUT2D eigenvalue weighted by Gasteiger charge is -2.29. The summed E-state index contributed by atoms with van der Waals surface area (Å²) in [5.74, 6) is 1.24. The van der Waals surface area contributed by atoms with Crippen molar-refractivity contribution in [2.45, 2.75) is 52.0 Å². The Morgan fingerprint density at radius 3 is 2.29 bits per heavy atom. The summed E-state index contributed by atoms with van der Waals surface area (Å²) in [5, 5.41) is 3.14. The fourth-order valence-corrected chi connectivity index (χ4v) is 3.60. The number of fused-ring (bicyclic) bond motifs is 1. The summed E-state index contributed by atoms with van der Waals surface area (Å²) in [4.78, 5) is 20.9. The fourth-order valence-electron chi connectivity index (χ4n) is 3.60. The highest BCUT2D eigenvalue weighted by atomic mass is 16.1. The predicted molar refractivity (Wildman–Crippen MR) is 94.9 cm³/mol. The van der Waals surface area contributed by atoms with E-state index in [4.69, 9.17) is 0 Å². The molecule has 0 radical (unpaired) electrons. The minimum Gasteiger partial charge on any atom is -0.347 e. The van der Waals surface area contributed by atoms with E-state index in [2.05, 4.69) is 53.4 Å². The number of amides is 1. The van der Waals surface area contributed by atoms with Gasteiger partial charge in [0, 0.05) is 24.4 Å². The standard InChI is InChI=1S/C20H25N3O/c1-4-18-21-12-17(13-22-18)19(24)23-20(2,3)11-14-9-15-7-5-6-8-16(15)10-14/h5-8,12-14H,4,9-11H2,1-3H3,(H,23,24). The van der Waals surface area contributed by atoms with Gasteiger partial charge in [0.05, 0.1) is 5.56 Å². The van der Waals surface area contributed by atoms with Crippen LogP contribution in [0.25, 0.3) is 0 Å². The van der Waals surface area contributed by atoms with Gasteiger partial charge in [0.25, 0.3) is 5.91 Å². The number of aromatic nitrogens is 2. The number of rotatable bonds is 5. The van der Waals surface area contributed by atoms with Gasteiger partial charge in [-0.25, -0.2) is 9.97 Å². The van der Waals surface area contributed by atoms with E-state index in [1.165, 1.54) is 11.1 Å². The molecule has 0 bridgehead atoms. The van der Waals surface area contributed by atoms with Crippen molar-refractivity contribution in [3.8, 4) is 0 Å². The van der Waals surface area contributed by atoms with Crippen LogP contribution in [0.2, 0.25) is 0 Å². The summed E-state index contributed by atoms with van der Waals surface area (Å²) >= 11 is 0. The largest absolute Gasteiger partial charge is 0.347 e. The molecule has 1 aromatic carbocycles. The molecule has 0 spiro atoms. The number of nitrogens with zero attached hydrogens (tertiary/aromatic N) is 2. The van der Waals surface area contributed by atoms with Crippen molar-refractivity contribution in [2.75, 3.05) is 0 Å². The molecule has 1 aliphatic carbocycles. The van der Waals surface area contributed by atoms with E-state index < -0.39 is 0 Å². The Kier molecular flexibility index (Phi) is 4.65. The van der Waals surface area contributed by atoms with Crippen LogP contribution in [0.4, 0.5) is 0 Å². The van der Waals surface area contributed by atoms with Crippen LogP contribution in [0.1, 0.15) is 54.5 Å². The molecule has 0 fully saturated rings. The maximum atomic E-state index is 12.5. The Hall–Kier alpha value is -2.23. The molecule has 0 aliphatic heterocycles. The molecule has 0 atom stereocenters. The zero-order valence-corrected chi connectivity index (χ0v) is 14.7. The number of carbonyl (C=O) groups excluding carboxylic acids is 1. The van der Waals surface area contributed by atoms with Crippen molar-refractivity contribution in [1.29, 1.82) is 0 Å². The molecule has 3 rings (SSSR count). The highest BCUT2D eigenvalue weighted by Crippen LogP contribution is 2.31. The van der Waals surface area contributed by atoms with Gasteiger partial charge in [0.2, 0.25) is 0 Å². The van der Waals surface area contributed by atoms with Gasteiger partial charge in [0.1, 0.15) is 5.82 Å². The fraction of sp³-hybridized carbons (Fsp3) is 0.450. The minimum absolute atomic E-state index is 0.0989. The summed E-state index contributed by atoms with van der Waals surface area (Å²) in [7, 11) is 0. The molecule has 4 nitrogen and oxygen atoms in total. The minimum atomic E-state index is -0.257. The van der Waals surface area contributed by atoms with Crippen molar-refractivity contribution < 1.29 is 4.79 Å². The van der Waals surface area contributed by atoms with Crippen molar-refractivity contribution in [1.82, 2.24) is 15.3 Å². The molecule has 1 N–H and O–H groups in total. The lowest BCUT2D eigenvalue weighted by atomic mass is 9.88. The first kappa shape index (κ1) is 16.6. The zero-order chi connectivity index (χ0) is 17.2. The quantitative estimate of drug-likeness (QED) is 0.918. The Labute approximate surface area is 143 Å². The van der Waals surface area contributed by atoms with Gasteiger partial charge in [0.15, 0.2) is 0 Å². The van der Waals surface area contributed by atoms with E-state index in [1.807, 2.05) is 6.92 Å². The van der Waals surface area contributed by atoms with Gasteiger partial charge in [-0.3, -0.25) is 4.79 Å². The molecule has 1 amide bonds. The van der Waals surface area contributed by atoms with Crippen molar-refractivity contribution in [3.05, 3.63) is 59.2 Å². The first-order valence-electron chi connectivity index (χ1n) is 8.67. The van der Waals surface area contributed by atoms with Crippen LogP contribution in [0.5, 0.6) is 0 Å². The van der Waals surface area contributed by atoms with Crippen LogP contribution in [-0.4, -0.2) is 21.4 Å². The van der Waals surface area contributed by atoms with Crippen LogP contribution in [-0.2, 0) is 19.3 Å². The van der Waals surface area contributed by atoms with Gasteiger partial charge in [-0.1, -0.05) is 31.2 Å². The van der Waals surface area contributed by atoms with Crippen LogP contribution >= 0.6 is 0 Å². The highest BCUT2D eigenvalue weighted by molar-refractivity contribution is 5.94. The number of nitrogens with one attached hydrogen (secondary N) is 1. The number of carbonyl (C=O) groups is 1. The molecule has 1 aromatic heterocycles. The predicted octanol–water partition coefficient (Wildman–Crippen LogP) is 3.35. The average molecular weight is 323 g/mol. The topological polar surface area (TPSA) is 54.9 Å². The smallest absolute Gasteiger partial charge is 0.254 e. The maximum absolute atomic E-state index is 12.5. The number of aryl methyl sites for hydroxylation is 1. The Bertz CT molecular complexity index is 697. The molecule has 4 heteroatoms. The normalized spacial score (nSPS) is 14.5. The molecule has 1 aliphatic rings. The molecule has 0 saturated carbocycles. The molecule has 1 heterocycles. The molecular formula is C20H25N3O. The molecule has 24 heavy (non-hydrogen) atoms. The van der Waals surface area contributed by atoms with Gasteiger partial charge in [-0.05, 0) is 50.2 Å². The second kappa shape index (κ2) is 6.71. The third kappa shape index (κ3) is 3.81. The Morgan fingerprint density at radius 2 is 1.75 bits per heavy atom. The summed E-state index contributed by atoms with van der Waals surface area (Å²) in [5.41, 5.74) is 3.17. The van der Waals surface area contributed by atoms with Gasteiger partial charge in [-0.2, -0.15) is 0 Å². The SMILES string of the molecule is CCc1ncc(C(=O)NC(C)(C)CC2Cc3ccccc3C2)cn1. The Morgan fingerprint density at radius 1 is 1.17 bits per heavy atom. The van der Waals surface area contributed by atoms with Crippen LogP contribution in [0.15, 0.2) is 36.7 Å². The molecule has 126 valence electrons. The van der Waals surface area contributed by atoms with Crippen LogP contribution in [0, 0.1) is 5.92 Å². The average Bonchev–Trinajstić information content (AvgIpc) is 2.95. The summed E-state index contributed by atoms with van der Waals surface area (Å²) in [6, 6.07) is 8.64. The highest BCUT2D eigenvalue weighted by Gasteiger charge is 2.29. The third-order valence-corrected chi connectivity index (χ3v) is 4.67. The molecule has 2 aromatic rings. The van der Waals surface area contributed by atoms with Crippen molar-refractivity contribution in [2.24, 2.45) is 5.92 Å². The maximum Gasteiger partial charge on any atom is 0.254 e. The van der Waals surface area contributed by atoms with Crippen LogP contribution < -0.4 is 5.32 Å². The van der Waals surface area contributed by atoms with Gasteiger partial charge in [-0.15, -0.1) is 0 Å². The second-order valence-corrected chi connectivity index (χ2v) is 7.33. The zero-order valence-electron chi connectivity index (χ0n) is 14.7. The van der Waals surface area contributed by atoms with E-state index in [0.29, 0.717) is 11.5 Å².